The van der Waals surface area contributed by atoms with Gasteiger partial charge in [-0.15, -0.1) is 11.3 Å². The Hall–Kier alpha value is -1.78. The maximum atomic E-state index is 13.2. The van der Waals surface area contributed by atoms with Crippen LogP contribution in [0.5, 0.6) is 0 Å². The van der Waals surface area contributed by atoms with Gasteiger partial charge in [-0.3, -0.25) is 4.79 Å². The molecular formula is C21H30N4O4S2. The number of sulfonamides is 1. The van der Waals surface area contributed by atoms with Crippen molar-refractivity contribution in [3.05, 3.63) is 17.3 Å². The largest absolute Gasteiger partial charge is 0.353 e. The van der Waals surface area contributed by atoms with Crippen molar-refractivity contribution in [2.75, 3.05) is 13.1 Å². The zero-order valence-corrected chi connectivity index (χ0v) is 19.5. The maximum absolute atomic E-state index is 13.2. The van der Waals surface area contributed by atoms with Gasteiger partial charge in [-0.05, 0) is 31.7 Å². The summed E-state index contributed by atoms with van der Waals surface area (Å²) < 4.78 is 33.3. The van der Waals surface area contributed by atoms with Gasteiger partial charge in [0, 0.05) is 36.5 Å². The average molecular weight is 467 g/mol. The van der Waals surface area contributed by atoms with Gasteiger partial charge < -0.3 is 9.84 Å². The zero-order chi connectivity index (χ0) is 21.8. The second-order valence-electron chi connectivity index (χ2n) is 8.42. The zero-order valence-electron chi connectivity index (χ0n) is 17.9. The molecule has 1 aliphatic carbocycles. The van der Waals surface area contributed by atoms with Gasteiger partial charge in [0.1, 0.15) is 4.21 Å². The molecule has 1 atom stereocenters. The van der Waals surface area contributed by atoms with Crippen molar-refractivity contribution in [2.24, 2.45) is 5.92 Å². The van der Waals surface area contributed by atoms with Crippen LogP contribution in [-0.4, -0.2) is 47.9 Å². The number of piperidine rings is 1. The topological polar surface area (TPSA) is 105 Å². The molecule has 1 amide bonds. The first-order valence-corrected chi connectivity index (χ1v) is 13.5. The summed E-state index contributed by atoms with van der Waals surface area (Å²) in [6, 6.07) is 1.82. The number of thiophene rings is 1. The number of hydrogen-bond donors (Lipinski definition) is 1. The summed E-state index contributed by atoms with van der Waals surface area (Å²) in [5, 5.41) is 8.84. The number of amides is 1. The van der Waals surface area contributed by atoms with Gasteiger partial charge in [0.05, 0.1) is 5.92 Å². The van der Waals surface area contributed by atoms with Crippen LogP contribution in [0.4, 0.5) is 0 Å². The van der Waals surface area contributed by atoms with Gasteiger partial charge in [-0.2, -0.15) is 9.29 Å². The molecule has 1 saturated heterocycles. The lowest BCUT2D eigenvalue weighted by molar-refractivity contribution is -0.126. The molecule has 31 heavy (non-hydrogen) atoms. The molecule has 8 nitrogen and oxygen atoms in total. The van der Waals surface area contributed by atoms with Gasteiger partial charge >= 0.3 is 0 Å². The monoisotopic (exact) mass is 466 g/mol. The summed E-state index contributed by atoms with van der Waals surface area (Å²) in [7, 11) is -3.67. The molecule has 0 radical (unpaired) electrons. The number of aryl methyl sites for hydroxylation is 1. The lowest BCUT2D eigenvalue weighted by atomic mass is 9.97. The van der Waals surface area contributed by atoms with E-state index in [9.17, 15) is 13.2 Å². The van der Waals surface area contributed by atoms with E-state index in [0.29, 0.717) is 36.7 Å². The SMILES string of the molecule is CCc1nc(-c2csc(S(=O)(=O)N3CCC[C@@H](C(=O)NC4CCCCCC4)C3)c2)no1. The van der Waals surface area contributed by atoms with Crippen LogP contribution in [0, 0.1) is 5.92 Å². The lowest BCUT2D eigenvalue weighted by Crippen LogP contribution is -2.47. The highest BCUT2D eigenvalue weighted by Crippen LogP contribution is 2.31. The van der Waals surface area contributed by atoms with Crippen molar-refractivity contribution < 1.29 is 17.7 Å². The van der Waals surface area contributed by atoms with E-state index < -0.39 is 10.0 Å². The fourth-order valence-corrected chi connectivity index (χ4v) is 7.16. The Morgan fingerprint density at radius 2 is 2.00 bits per heavy atom. The molecule has 10 heteroatoms. The molecule has 4 rings (SSSR count). The molecule has 170 valence electrons. The smallest absolute Gasteiger partial charge is 0.252 e. The van der Waals surface area contributed by atoms with Crippen LogP contribution in [0.25, 0.3) is 11.4 Å². The Balaban J connectivity index is 1.42. The lowest BCUT2D eigenvalue weighted by Gasteiger charge is -2.31. The fraction of sp³-hybridized carbons (Fsp3) is 0.667. The first-order valence-electron chi connectivity index (χ1n) is 11.2. The van der Waals surface area contributed by atoms with Gasteiger partial charge in [-0.1, -0.05) is 37.8 Å². The average Bonchev–Trinajstić information content (AvgIpc) is 3.39. The molecule has 2 fully saturated rings. The number of rotatable bonds is 6. The number of carbonyl (C=O) groups is 1. The molecule has 1 saturated carbocycles. The van der Waals surface area contributed by atoms with Crippen molar-refractivity contribution in [2.45, 2.75) is 75.0 Å². The van der Waals surface area contributed by atoms with E-state index in [-0.39, 0.29) is 28.6 Å². The van der Waals surface area contributed by atoms with Crippen LogP contribution >= 0.6 is 11.3 Å². The highest BCUT2D eigenvalue weighted by molar-refractivity contribution is 7.91. The second kappa shape index (κ2) is 9.79. The second-order valence-corrected chi connectivity index (χ2v) is 11.5. The van der Waals surface area contributed by atoms with Gasteiger partial charge in [0.25, 0.3) is 10.0 Å². The summed E-state index contributed by atoms with van der Waals surface area (Å²) >= 11 is 1.15. The third-order valence-corrected chi connectivity index (χ3v) is 9.44. The van der Waals surface area contributed by atoms with Crippen molar-refractivity contribution in [3.63, 3.8) is 0 Å². The summed E-state index contributed by atoms with van der Waals surface area (Å²) in [5.74, 6) is 0.617. The molecular weight excluding hydrogens is 436 g/mol. The van der Waals surface area contributed by atoms with Crippen molar-refractivity contribution in [3.8, 4) is 11.4 Å². The third-order valence-electron chi connectivity index (χ3n) is 6.15. The quantitative estimate of drug-likeness (QED) is 0.652. The van der Waals surface area contributed by atoms with E-state index in [1.54, 1.807) is 11.4 Å². The van der Waals surface area contributed by atoms with E-state index in [1.807, 2.05) is 6.92 Å². The summed E-state index contributed by atoms with van der Waals surface area (Å²) in [6.45, 7) is 2.58. The highest BCUT2D eigenvalue weighted by Gasteiger charge is 2.35. The van der Waals surface area contributed by atoms with Crippen LogP contribution < -0.4 is 5.32 Å². The van der Waals surface area contributed by atoms with Gasteiger partial charge in [0.15, 0.2) is 0 Å². The van der Waals surface area contributed by atoms with E-state index >= 15 is 0 Å². The Morgan fingerprint density at radius 1 is 1.23 bits per heavy atom. The number of hydrogen-bond acceptors (Lipinski definition) is 7. The predicted molar refractivity (Wildman–Crippen MR) is 118 cm³/mol. The molecule has 2 aliphatic rings. The van der Waals surface area contributed by atoms with E-state index in [4.69, 9.17) is 4.52 Å². The van der Waals surface area contributed by atoms with E-state index in [0.717, 1.165) is 43.4 Å². The van der Waals surface area contributed by atoms with Crippen molar-refractivity contribution >= 4 is 27.3 Å². The molecule has 0 unspecified atom stereocenters. The molecule has 0 aromatic carbocycles. The molecule has 1 N–H and O–H groups in total. The standard InChI is InChI=1S/C21H30N4O4S2/c1-2-18-23-20(24-29-18)16-12-19(30-14-16)31(27,28)25-11-7-8-15(13-25)21(26)22-17-9-5-3-4-6-10-17/h12,14-15,17H,2-11,13H2,1H3,(H,22,26)/t15-/m1/s1. The summed E-state index contributed by atoms with van der Waals surface area (Å²) in [6.07, 6.45) is 8.84. The normalized spacial score (nSPS) is 21.6. The predicted octanol–water partition coefficient (Wildman–Crippen LogP) is 3.60. The highest BCUT2D eigenvalue weighted by atomic mass is 32.2. The minimum atomic E-state index is -3.67. The van der Waals surface area contributed by atoms with Gasteiger partial charge in [0.2, 0.25) is 17.6 Å². The summed E-state index contributed by atoms with van der Waals surface area (Å²) in [5.41, 5.74) is 0.631. The molecule has 1 aliphatic heterocycles. The molecule has 2 aromatic rings. The minimum absolute atomic E-state index is 0.00226. The van der Waals surface area contributed by atoms with E-state index in [1.165, 1.54) is 17.1 Å². The maximum Gasteiger partial charge on any atom is 0.252 e. The number of aromatic nitrogens is 2. The van der Waals surface area contributed by atoms with Crippen molar-refractivity contribution in [1.82, 2.24) is 19.8 Å². The van der Waals surface area contributed by atoms with Crippen LogP contribution in [0.15, 0.2) is 20.2 Å². The molecule has 2 aromatic heterocycles. The van der Waals surface area contributed by atoms with E-state index in [2.05, 4.69) is 15.5 Å². The van der Waals surface area contributed by atoms with Crippen LogP contribution in [-0.2, 0) is 21.2 Å². The van der Waals surface area contributed by atoms with Crippen LogP contribution in [0.3, 0.4) is 0 Å². The van der Waals surface area contributed by atoms with Crippen LogP contribution in [0.2, 0.25) is 0 Å². The first kappa shape index (κ1) is 22.4. The first-order chi connectivity index (χ1) is 15.0. The number of nitrogens with zero attached hydrogens (tertiary/aromatic N) is 3. The number of carbonyl (C=O) groups excluding carboxylic acids is 1. The fourth-order valence-electron chi connectivity index (χ4n) is 4.33. The molecule has 3 heterocycles. The van der Waals surface area contributed by atoms with Crippen molar-refractivity contribution in [1.29, 1.82) is 0 Å². The Morgan fingerprint density at radius 3 is 2.71 bits per heavy atom. The number of nitrogens with one attached hydrogen (secondary N) is 1. The Kier molecular flexibility index (Phi) is 7.08. The minimum Gasteiger partial charge on any atom is -0.353 e. The summed E-state index contributed by atoms with van der Waals surface area (Å²) in [4.78, 5) is 17.1. The Bertz CT molecular complexity index is 993. The van der Waals surface area contributed by atoms with Gasteiger partial charge in [-0.25, -0.2) is 8.42 Å². The van der Waals surface area contributed by atoms with Crippen LogP contribution in [0.1, 0.15) is 64.2 Å². The third kappa shape index (κ3) is 5.18. The molecule has 0 spiro atoms. The molecule has 0 bridgehead atoms. The Labute approximate surface area is 187 Å².